The molecule has 0 aliphatic heterocycles. The van der Waals surface area contributed by atoms with Crippen molar-refractivity contribution in [3.63, 3.8) is 0 Å². The number of hydrogen-bond acceptors (Lipinski definition) is 2. The van der Waals surface area contributed by atoms with Crippen LogP contribution in [0.15, 0.2) is 54.6 Å². The average molecular weight is 209 g/mol. The lowest BCUT2D eigenvalue weighted by atomic mass is 10.0. The topological polar surface area (TPSA) is 32.3 Å². The van der Waals surface area contributed by atoms with Crippen molar-refractivity contribution in [2.75, 3.05) is 5.48 Å². The second-order valence-electron chi connectivity index (χ2n) is 3.84. The van der Waals surface area contributed by atoms with E-state index in [1.165, 1.54) is 10.8 Å². The van der Waals surface area contributed by atoms with Crippen molar-refractivity contribution in [1.29, 1.82) is 0 Å². The van der Waals surface area contributed by atoms with Crippen molar-refractivity contribution >= 4 is 27.2 Å². The van der Waals surface area contributed by atoms with Gasteiger partial charge in [0, 0.05) is 5.39 Å². The van der Waals surface area contributed by atoms with Crippen LogP contribution in [0.1, 0.15) is 0 Å². The molecular formula is C14H11NO. The number of benzene rings is 3. The number of hydrogen-bond donors (Lipinski definition) is 2. The SMILES string of the molecule is ONc1cccc2cc3ccccc3cc12. The second-order valence-corrected chi connectivity index (χ2v) is 3.84. The lowest BCUT2D eigenvalue weighted by molar-refractivity contribution is 0.390. The van der Waals surface area contributed by atoms with E-state index in [0.29, 0.717) is 0 Å². The first kappa shape index (κ1) is 9.19. The van der Waals surface area contributed by atoms with Gasteiger partial charge in [-0.25, -0.2) is 0 Å². The minimum Gasteiger partial charge on any atom is -0.291 e. The van der Waals surface area contributed by atoms with E-state index in [0.717, 1.165) is 16.5 Å². The summed E-state index contributed by atoms with van der Waals surface area (Å²) < 4.78 is 0. The summed E-state index contributed by atoms with van der Waals surface area (Å²) in [5.74, 6) is 0. The maximum Gasteiger partial charge on any atom is 0.0680 e. The van der Waals surface area contributed by atoms with E-state index in [4.69, 9.17) is 5.21 Å². The van der Waals surface area contributed by atoms with Gasteiger partial charge in [-0.2, -0.15) is 0 Å². The first-order valence-electron chi connectivity index (χ1n) is 5.20. The molecule has 0 saturated carbocycles. The van der Waals surface area contributed by atoms with Gasteiger partial charge in [0.2, 0.25) is 0 Å². The van der Waals surface area contributed by atoms with Gasteiger partial charge in [-0.3, -0.25) is 10.7 Å². The van der Waals surface area contributed by atoms with Crippen LogP contribution in [-0.2, 0) is 0 Å². The van der Waals surface area contributed by atoms with Crippen molar-refractivity contribution in [2.45, 2.75) is 0 Å². The highest BCUT2D eigenvalue weighted by Crippen LogP contribution is 2.27. The Morgan fingerprint density at radius 3 is 2.19 bits per heavy atom. The lowest BCUT2D eigenvalue weighted by Gasteiger charge is -2.06. The summed E-state index contributed by atoms with van der Waals surface area (Å²) in [5.41, 5.74) is 2.97. The monoisotopic (exact) mass is 209 g/mol. The number of rotatable bonds is 1. The van der Waals surface area contributed by atoms with E-state index in [-0.39, 0.29) is 0 Å². The average Bonchev–Trinajstić information content (AvgIpc) is 2.35. The summed E-state index contributed by atoms with van der Waals surface area (Å²) in [6, 6.07) is 18.3. The van der Waals surface area contributed by atoms with E-state index < -0.39 is 0 Å². The van der Waals surface area contributed by atoms with Crippen molar-refractivity contribution in [3.8, 4) is 0 Å². The summed E-state index contributed by atoms with van der Waals surface area (Å²) in [5, 5.41) is 13.6. The van der Waals surface area contributed by atoms with E-state index >= 15 is 0 Å². The van der Waals surface area contributed by atoms with Crippen LogP contribution in [0.25, 0.3) is 21.5 Å². The molecular weight excluding hydrogens is 198 g/mol. The van der Waals surface area contributed by atoms with Crippen LogP contribution in [0.4, 0.5) is 5.69 Å². The van der Waals surface area contributed by atoms with Gasteiger partial charge in [0.1, 0.15) is 0 Å². The third-order valence-electron chi connectivity index (χ3n) is 2.87. The van der Waals surface area contributed by atoms with Crippen LogP contribution in [0.3, 0.4) is 0 Å². The molecule has 0 bridgehead atoms. The lowest BCUT2D eigenvalue weighted by Crippen LogP contribution is -1.90. The Labute approximate surface area is 93.1 Å². The predicted octanol–water partition coefficient (Wildman–Crippen LogP) is 3.79. The van der Waals surface area contributed by atoms with Gasteiger partial charge < -0.3 is 0 Å². The summed E-state index contributed by atoms with van der Waals surface area (Å²) in [6.07, 6.45) is 0. The normalized spacial score (nSPS) is 10.8. The van der Waals surface area contributed by atoms with Gasteiger partial charge in [-0.05, 0) is 34.4 Å². The molecule has 0 heterocycles. The molecule has 0 aliphatic rings. The molecule has 0 spiro atoms. The Bertz CT molecular complexity index is 661. The summed E-state index contributed by atoms with van der Waals surface area (Å²) in [6.45, 7) is 0. The molecule has 0 unspecified atom stereocenters. The molecule has 0 saturated heterocycles. The zero-order valence-electron chi connectivity index (χ0n) is 8.64. The number of anilines is 1. The Morgan fingerprint density at radius 1 is 0.750 bits per heavy atom. The fourth-order valence-electron chi connectivity index (χ4n) is 2.06. The summed E-state index contributed by atoms with van der Waals surface area (Å²) in [7, 11) is 0. The fourth-order valence-corrected chi connectivity index (χ4v) is 2.06. The highest BCUT2D eigenvalue weighted by molar-refractivity contribution is 6.03. The smallest absolute Gasteiger partial charge is 0.0680 e. The van der Waals surface area contributed by atoms with Crippen molar-refractivity contribution in [2.24, 2.45) is 0 Å². The Hall–Kier alpha value is -2.06. The molecule has 0 amide bonds. The van der Waals surface area contributed by atoms with Gasteiger partial charge in [-0.15, -0.1) is 0 Å². The maximum absolute atomic E-state index is 9.06. The van der Waals surface area contributed by atoms with Crippen LogP contribution in [0, 0.1) is 0 Å². The van der Waals surface area contributed by atoms with Crippen LogP contribution in [-0.4, -0.2) is 5.21 Å². The molecule has 0 atom stereocenters. The third kappa shape index (κ3) is 1.32. The molecule has 3 rings (SSSR count). The highest BCUT2D eigenvalue weighted by Gasteiger charge is 2.01. The first-order chi connectivity index (χ1) is 7.88. The van der Waals surface area contributed by atoms with Crippen LogP contribution >= 0.6 is 0 Å². The van der Waals surface area contributed by atoms with E-state index in [9.17, 15) is 0 Å². The van der Waals surface area contributed by atoms with Gasteiger partial charge in [-0.1, -0.05) is 36.4 Å². The first-order valence-corrected chi connectivity index (χ1v) is 5.20. The van der Waals surface area contributed by atoms with Crippen LogP contribution in [0.2, 0.25) is 0 Å². The Kier molecular flexibility index (Phi) is 2.01. The van der Waals surface area contributed by atoms with Gasteiger partial charge in [0.25, 0.3) is 0 Å². The molecule has 0 fully saturated rings. The number of fused-ring (bicyclic) bond motifs is 2. The molecule has 3 aromatic carbocycles. The Balaban J connectivity index is 2.46. The van der Waals surface area contributed by atoms with E-state index in [2.05, 4.69) is 29.7 Å². The maximum atomic E-state index is 9.06. The van der Waals surface area contributed by atoms with Gasteiger partial charge >= 0.3 is 0 Å². The van der Waals surface area contributed by atoms with Crippen molar-refractivity contribution in [3.05, 3.63) is 54.6 Å². The van der Waals surface area contributed by atoms with Crippen molar-refractivity contribution in [1.82, 2.24) is 0 Å². The van der Waals surface area contributed by atoms with E-state index in [1.54, 1.807) is 0 Å². The minimum atomic E-state index is 0.739. The van der Waals surface area contributed by atoms with Gasteiger partial charge in [0.15, 0.2) is 0 Å². The minimum absolute atomic E-state index is 0.739. The van der Waals surface area contributed by atoms with Gasteiger partial charge in [0.05, 0.1) is 5.69 Å². The third-order valence-corrected chi connectivity index (χ3v) is 2.87. The predicted molar refractivity (Wildman–Crippen MR) is 66.9 cm³/mol. The summed E-state index contributed by atoms with van der Waals surface area (Å²) >= 11 is 0. The molecule has 3 aromatic rings. The standard InChI is InChI=1S/C14H11NO/c16-15-14-7-3-6-12-8-10-4-1-2-5-11(10)9-13(12)14/h1-9,15-16H. The highest BCUT2D eigenvalue weighted by atomic mass is 16.5. The largest absolute Gasteiger partial charge is 0.291 e. The molecule has 2 nitrogen and oxygen atoms in total. The zero-order chi connectivity index (χ0) is 11.0. The zero-order valence-corrected chi connectivity index (χ0v) is 8.64. The number of nitrogens with one attached hydrogen (secondary N) is 1. The molecule has 0 aliphatic carbocycles. The Morgan fingerprint density at radius 2 is 1.44 bits per heavy atom. The molecule has 16 heavy (non-hydrogen) atoms. The quantitative estimate of drug-likeness (QED) is 0.472. The van der Waals surface area contributed by atoms with Crippen LogP contribution < -0.4 is 5.48 Å². The van der Waals surface area contributed by atoms with Crippen LogP contribution in [0.5, 0.6) is 0 Å². The second kappa shape index (κ2) is 3.51. The molecule has 0 radical (unpaired) electrons. The molecule has 78 valence electrons. The van der Waals surface area contributed by atoms with E-state index in [1.807, 2.05) is 30.3 Å². The molecule has 2 N–H and O–H groups in total. The fraction of sp³-hybridized carbons (Fsp3) is 0. The van der Waals surface area contributed by atoms with Crippen molar-refractivity contribution < 1.29 is 5.21 Å². The molecule has 2 heteroatoms. The summed E-state index contributed by atoms with van der Waals surface area (Å²) in [4.78, 5) is 0. The molecule has 0 aromatic heterocycles.